The van der Waals surface area contributed by atoms with Crippen LogP contribution >= 0.6 is 11.6 Å². The van der Waals surface area contributed by atoms with Crippen molar-refractivity contribution in [2.75, 3.05) is 7.11 Å². The van der Waals surface area contributed by atoms with Gasteiger partial charge in [-0.15, -0.1) is 0 Å². The Balaban J connectivity index is 2.16. The first-order valence-electron chi connectivity index (χ1n) is 7.85. The lowest BCUT2D eigenvalue weighted by Crippen LogP contribution is -2.21. The van der Waals surface area contributed by atoms with E-state index in [4.69, 9.17) is 21.1 Å². The minimum absolute atomic E-state index is 0.0165. The molecule has 1 N–H and O–H groups in total. The first-order chi connectivity index (χ1) is 13.2. The maximum atomic E-state index is 13.6. The fourth-order valence-electron chi connectivity index (χ4n) is 2.39. The second-order valence-electron chi connectivity index (χ2n) is 5.66. The van der Waals surface area contributed by atoms with Crippen LogP contribution in [0.15, 0.2) is 41.3 Å². The number of halogens is 4. The number of aromatic nitrogens is 3. The molecule has 0 bridgehead atoms. The fourth-order valence-corrected chi connectivity index (χ4v) is 2.51. The van der Waals surface area contributed by atoms with Crippen molar-refractivity contribution in [1.29, 1.82) is 0 Å². The van der Waals surface area contributed by atoms with Gasteiger partial charge in [0, 0.05) is 11.2 Å². The molecule has 146 valence electrons. The second-order valence-corrected chi connectivity index (χ2v) is 6.06. The first-order valence-corrected chi connectivity index (χ1v) is 8.23. The molecule has 0 radical (unpaired) electrons. The molecule has 0 saturated heterocycles. The third-order valence-electron chi connectivity index (χ3n) is 3.71. The Morgan fingerprint density at radius 1 is 1.21 bits per heavy atom. The lowest BCUT2D eigenvalue weighted by molar-refractivity contribution is -0.142. The maximum absolute atomic E-state index is 13.6. The van der Waals surface area contributed by atoms with Gasteiger partial charge in [-0.1, -0.05) is 11.6 Å². The molecule has 0 aliphatic carbocycles. The van der Waals surface area contributed by atoms with Gasteiger partial charge in [-0.3, -0.25) is 4.79 Å². The molecule has 0 aliphatic heterocycles. The van der Waals surface area contributed by atoms with Crippen molar-refractivity contribution in [2.24, 2.45) is 0 Å². The number of nitrogens with one attached hydrogen (secondary N) is 1. The van der Waals surface area contributed by atoms with Gasteiger partial charge >= 0.3 is 6.18 Å². The van der Waals surface area contributed by atoms with Crippen LogP contribution in [-0.2, 0) is 6.18 Å². The summed E-state index contributed by atoms with van der Waals surface area (Å²) in [6.07, 6.45) is -3.60. The zero-order valence-corrected chi connectivity index (χ0v) is 15.4. The quantitative estimate of drug-likeness (QED) is 0.678. The van der Waals surface area contributed by atoms with Crippen LogP contribution in [0.3, 0.4) is 0 Å². The number of methoxy groups -OCH3 is 1. The lowest BCUT2D eigenvalue weighted by Gasteiger charge is -2.14. The summed E-state index contributed by atoms with van der Waals surface area (Å²) >= 11 is 5.90. The number of nitrogens with zero attached hydrogens (tertiary/aromatic N) is 2. The number of alkyl halides is 3. The molecule has 0 fully saturated rings. The highest BCUT2D eigenvalue weighted by Crippen LogP contribution is 2.36. The number of hydrogen-bond donors (Lipinski definition) is 1. The number of H-pyrrole nitrogens is 1. The molecule has 3 aromatic rings. The number of aromatic amines is 1. The number of aryl methyl sites for hydroxylation is 1. The van der Waals surface area contributed by atoms with Gasteiger partial charge < -0.3 is 14.5 Å². The minimum Gasteiger partial charge on any atom is -0.494 e. The minimum atomic E-state index is -4.94. The predicted octanol–water partition coefficient (Wildman–Crippen LogP) is 4.61. The molecular weight excluding hydrogens is 399 g/mol. The average Bonchev–Trinajstić information content (AvgIpc) is 2.65. The van der Waals surface area contributed by atoms with Crippen molar-refractivity contribution in [3.8, 4) is 28.8 Å². The smallest absolute Gasteiger partial charge is 0.437 e. The highest BCUT2D eigenvalue weighted by molar-refractivity contribution is 6.31. The molecule has 1 aromatic carbocycles. The molecule has 0 atom stereocenters. The van der Waals surface area contributed by atoms with Gasteiger partial charge in [0.05, 0.1) is 7.11 Å². The van der Waals surface area contributed by atoms with Crippen LogP contribution in [0.25, 0.3) is 11.5 Å². The average molecular weight is 412 g/mol. The maximum Gasteiger partial charge on any atom is 0.437 e. The van der Waals surface area contributed by atoms with Crippen molar-refractivity contribution in [1.82, 2.24) is 15.0 Å². The Hall–Kier alpha value is -3.07. The van der Waals surface area contributed by atoms with Gasteiger partial charge in [-0.2, -0.15) is 13.2 Å². The molecule has 0 aliphatic rings. The van der Waals surface area contributed by atoms with Crippen LogP contribution < -0.4 is 15.0 Å². The van der Waals surface area contributed by atoms with Crippen LogP contribution in [0.1, 0.15) is 11.3 Å². The standard InChI is InChI=1S/C18H13ClF3N3O3/c1-9-8-10(5-6-11(9)19)28-14-15(18(20,21)22)24-16(25-17(14)26)13-12(27-2)4-3-7-23-13/h3-8H,1-2H3,(H,24,25,26). The largest absolute Gasteiger partial charge is 0.494 e. The van der Waals surface area contributed by atoms with E-state index < -0.39 is 29.0 Å². The van der Waals surface area contributed by atoms with Gasteiger partial charge in [-0.25, -0.2) is 9.97 Å². The van der Waals surface area contributed by atoms with Crippen LogP contribution in [0, 0.1) is 6.92 Å². The Morgan fingerprint density at radius 2 is 1.96 bits per heavy atom. The number of rotatable bonds is 4. The summed E-state index contributed by atoms with van der Waals surface area (Å²) in [5.74, 6) is -1.20. The normalized spacial score (nSPS) is 11.4. The number of hydrogen-bond acceptors (Lipinski definition) is 5. The van der Waals surface area contributed by atoms with E-state index in [1.54, 1.807) is 6.92 Å². The lowest BCUT2D eigenvalue weighted by atomic mass is 10.2. The van der Waals surface area contributed by atoms with Crippen LogP contribution in [0.4, 0.5) is 13.2 Å². The molecular formula is C18H13ClF3N3O3. The SMILES string of the molecule is COc1cccnc1-c1nc(C(F)(F)F)c(Oc2ccc(Cl)c(C)c2)c(=O)[nH]1. The van der Waals surface area contributed by atoms with Crippen LogP contribution in [0.2, 0.25) is 5.02 Å². The summed E-state index contributed by atoms with van der Waals surface area (Å²) in [5, 5.41) is 0.410. The van der Waals surface area contributed by atoms with Gasteiger partial charge in [0.2, 0.25) is 5.75 Å². The van der Waals surface area contributed by atoms with Crippen LogP contribution in [0.5, 0.6) is 17.2 Å². The van der Waals surface area contributed by atoms with Gasteiger partial charge in [0.15, 0.2) is 11.5 Å². The highest BCUT2D eigenvalue weighted by Gasteiger charge is 2.39. The molecule has 0 spiro atoms. The van der Waals surface area contributed by atoms with Gasteiger partial charge in [0.25, 0.3) is 5.56 Å². The van der Waals surface area contributed by atoms with E-state index in [-0.39, 0.29) is 17.2 Å². The zero-order chi connectivity index (χ0) is 20.5. The van der Waals surface area contributed by atoms with E-state index in [1.165, 1.54) is 43.6 Å². The molecule has 2 aromatic heterocycles. The zero-order valence-electron chi connectivity index (χ0n) is 14.6. The molecule has 28 heavy (non-hydrogen) atoms. The van der Waals surface area contributed by atoms with Crippen molar-refractivity contribution >= 4 is 11.6 Å². The summed E-state index contributed by atoms with van der Waals surface area (Å²) < 4.78 is 51.0. The Labute approximate surface area is 161 Å². The van der Waals surface area contributed by atoms with Crippen molar-refractivity contribution < 1.29 is 22.6 Å². The second kappa shape index (κ2) is 7.51. The van der Waals surface area contributed by atoms with E-state index in [1.807, 2.05) is 0 Å². The van der Waals surface area contributed by atoms with Crippen molar-refractivity contribution in [3.05, 3.63) is 63.2 Å². The van der Waals surface area contributed by atoms with Gasteiger partial charge in [-0.05, 0) is 42.8 Å². The van der Waals surface area contributed by atoms with Gasteiger partial charge in [0.1, 0.15) is 17.2 Å². The summed E-state index contributed by atoms with van der Waals surface area (Å²) in [7, 11) is 1.32. The Kier molecular flexibility index (Phi) is 5.28. The third-order valence-corrected chi connectivity index (χ3v) is 4.13. The monoisotopic (exact) mass is 411 g/mol. The molecule has 0 amide bonds. The van der Waals surface area contributed by atoms with E-state index in [9.17, 15) is 18.0 Å². The number of benzene rings is 1. The number of pyridine rings is 1. The molecule has 3 rings (SSSR count). The van der Waals surface area contributed by atoms with Crippen molar-refractivity contribution in [3.63, 3.8) is 0 Å². The first kappa shape index (κ1) is 19.7. The van der Waals surface area contributed by atoms with E-state index in [2.05, 4.69) is 15.0 Å². The Bertz CT molecular complexity index is 1080. The summed E-state index contributed by atoms with van der Waals surface area (Å²) in [6, 6.07) is 7.23. The topological polar surface area (TPSA) is 77.1 Å². The third kappa shape index (κ3) is 3.94. The van der Waals surface area contributed by atoms with Crippen LogP contribution in [-0.4, -0.2) is 22.1 Å². The molecule has 2 heterocycles. The highest BCUT2D eigenvalue weighted by atomic mass is 35.5. The fraction of sp³-hybridized carbons (Fsp3) is 0.167. The summed E-state index contributed by atoms with van der Waals surface area (Å²) in [5.41, 5.74) is -2.06. The molecule has 0 unspecified atom stereocenters. The summed E-state index contributed by atoms with van der Waals surface area (Å²) in [4.78, 5) is 22.2. The van der Waals surface area contributed by atoms with E-state index >= 15 is 0 Å². The number of ether oxygens (including phenoxy) is 2. The molecule has 0 saturated carbocycles. The van der Waals surface area contributed by atoms with E-state index in [0.717, 1.165) is 0 Å². The molecule has 6 nitrogen and oxygen atoms in total. The summed E-state index contributed by atoms with van der Waals surface area (Å²) in [6.45, 7) is 1.65. The van der Waals surface area contributed by atoms with Crippen molar-refractivity contribution in [2.45, 2.75) is 13.1 Å². The molecule has 10 heteroatoms. The van der Waals surface area contributed by atoms with E-state index in [0.29, 0.717) is 10.6 Å². The Morgan fingerprint density at radius 3 is 2.61 bits per heavy atom. The predicted molar refractivity (Wildman–Crippen MR) is 95.9 cm³/mol.